The molecule has 0 amide bonds. The Balaban J connectivity index is 2.33. The molecule has 0 bridgehead atoms. The molecule has 0 spiro atoms. The molecule has 0 aliphatic carbocycles. The van der Waals surface area contributed by atoms with Crippen LogP contribution in [-0.4, -0.2) is 18.5 Å². The van der Waals surface area contributed by atoms with Crippen molar-refractivity contribution in [2.75, 3.05) is 6.61 Å². The van der Waals surface area contributed by atoms with Gasteiger partial charge < -0.3 is 9.47 Å². The minimum absolute atomic E-state index is 0.232. The van der Waals surface area contributed by atoms with Gasteiger partial charge in [0.05, 0.1) is 6.61 Å². The normalized spacial score (nSPS) is 11.4. The summed E-state index contributed by atoms with van der Waals surface area (Å²) in [5.41, 5.74) is -1.06. The van der Waals surface area contributed by atoms with Gasteiger partial charge >= 0.3 is 11.9 Å². The monoisotopic (exact) mass is 468 g/mol. The topological polar surface area (TPSA) is 52.6 Å². The molecule has 0 aliphatic rings. The molecule has 1 aromatic rings. The maximum absolute atomic E-state index is 13.4. The fourth-order valence-corrected chi connectivity index (χ4v) is 3.90. The number of ether oxygens (including phenoxy) is 2. The molecule has 0 unspecified atom stereocenters. The van der Waals surface area contributed by atoms with Crippen molar-refractivity contribution in [1.82, 2.24) is 0 Å². The number of benzene rings is 1. The standard InChI is InChI=1S/C27H42F2O4/c1-4-7-8-9-10-11-12-13-14-15-16-19-32-25(30)27(5-2,6-3)26(31)33-21-22-17-18-23(28)24(29)20-22/h17-18,20H,4-16,19,21H2,1-3H3. The van der Waals surface area contributed by atoms with Crippen molar-refractivity contribution in [3.05, 3.63) is 35.4 Å². The SMILES string of the molecule is CCCCCCCCCCCCCOC(=O)C(CC)(CC)C(=O)OCc1ccc(F)c(F)c1. The first-order chi connectivity index (χ1) is 15.9. The van der Waals surface area contributed by atoms with Crippen LogP contribution in [0.4, 0.5) is 8.78 Å². The van der Waals surface area contributed by atoms with Gasteiger partial charge in [-0.25, -0.2) is 8.78 Å². The van der Waals surface area contributed by atoms with E-state index in [0.29, 0.717) is 5.56 Å². The fraction of sp³-hybridized carbons (Fsp3) is 0.704. The average Bonchev–Trinajstić information content (AvgIpc) is 2.81. The summed E-state index contributed by atoms with van der Waals surface area (Å²) in [5.74, 6) is -3.24. The van der Waals surface area contributed by atoms with E-state index >= 15 is 0 Å². The predicted molar refractivity (Wildman–Crippen MR) is 127 cm³/mol. The van der Waals surface area contributed by atoms with Crippen LogP contribution in [0.2, 0.25) is 0 Å². The van der Waals surface area contributed by atoms with E-state index in [4.69, 9.17) is 9.47 Å². The zero-order chi connectivity index (χ0) is 24.5. The number of rotatable bonds is 18. The van der Waals surface area contributed by atoms with Gasteiger partial charge in [-0.15, -0.1) is 0 Å². The lowest BCUT2D eigenvalue weighted by molar-refractivity contribution is -0.174. The number of hydrogen-bond acceptors (Lipinski definition) is 4. The van der Waals surface area contributed by atoms with Crippen molar-refractivity contribution in [1.29, 1.82) is 0 Å². The second kappa shape index (κ2) is 16.6. The summed E-state index contributed by atoms with van der Waals surface area (Å²) in [6.07, 6.45) is 13.7. The first-order valence-electron chi connectivity index (χ1n) is 12.7. The highest BCUT2D eigenvalue weighted by molar-refractivity contribution is 5.99. The summed E-state index contributed by atoms with van der Waals surface area (Å²) in [6.45, 7) is 5.77. The summed E-state index contributed by atoms with van der Waals surface area (Å²) in [5, 5.41) is 0. The van der Waals surface area contributed by atoms with Gasteiger partial charge in [0.15, 0.2) is 17.0 Å². The molecule has 1 rings (SSSR count). The number of unbranched alkanes of at least 4 members (excludes halogenated alkanes) is 10. The lowest BCUT2D eigenvalue weighted by Crippen LogP contribution is -2.41. The summed E-state index contributed by atoms with van der Waals surface area (Å²) in [4.78, 5) is 25.4. The smallest absolute Gasteiger partial charge is 0.323 e. The Morgan fingerprint density at radius 3 is 1.76 bits per heavy atom. The van der Waals surface area contributed by atoms with E-state index in [-0.39, 0.29) is 26.1 Å². The van der Waals surface area contributed by atoms with E-state index in [1.165, 1.54) is 57.4 Å². The van der Waals surface area contributed by atoms with Crippen LogP contribution in [0.5, 0.6) is 0 Å². The Kier molecular flexibility index (Phi) is 14.6. The number of carbonyl (C=O) groups is 2. The molecular formula is C27H42F2O4. The highest BCUT2D eigenvalue weighted by atomic mass is 19.2. The second-order valence-electron chi connectivity index (χ2n) is 8.79. The Bertz CT molecular complexity index is 701. The van der Waals surface area contributed by atoms with Crippen molar-refractivity contribution < 1.29 is 27.8 Å². The molecular weight excluding hydrogens is 426 g/mol. The van der Waals surface area contributed by atoms with Gasteiger partial charge in [0.2, 0.25) is 0 Å². The van der Waals surface area contributed by atoms with Crippen molar-refractivity contribution >= 4 is 11.9 Å². The third kappa shape index (κ3) is 10.2. The summed E-state index contributed by atoms with van der Waals surface area (Å²) in [6, 6.07) is 3.30. The highest BCUT2D eigenvalue weighted by Gasteiger charge is 2.45. The molecule has 0 heterocycles. The van der Waals surface area contributed by atoms with E-state index in [0.717, 1.165) is 31.4 Å². The molecule has 0 radical (unpaired) electrons. The third-order valence-corrected chi connectivity index (χ3v) is 6.32. The lowest BCUT2D eigenvalue weighted by Gasteiger charge is -2.27. The van der Waals surface area contributed by atoms with Gasteiger partial charge in [0, 0.05) is 0 Å². The predicted octanol–water partition coefficient (Wildman–Crippen LogP) is 7.67. The molecule has 0 atom stereocenters. The van der Waals surface area contributed by atoms with Gasteiger partial charge in [-0.3, -0.25) is 9.59 Å². The van der Waals surface area contributed by atoms with Crippen LogP contribution in [0.1, 0.15) is 110 Å². The molecule has 0 fully saturated rings. The summed E-state index contributed by atoms with van der Waals surface area (Å²) >= 11 is 0. The maximum Gasteiger partial charge on any atom is 0.323 e. The quantitative estimate of drug-likeness (QED) is 0.126. The fourth-order valence-electron chi connectivity index (χ4n) is 3.90. The molecule has 6 heteroatoms. The minimum Gasteiger partial charge on any atom is -0.465 e. The largest absolute Gasteiger partial charge is 0.465 e. The van der Waals surface area contributed by atoms with Crippen LogP contribution in [0.15, 0.2) is 18.2 Å². The Labute approximate surface area is 198 Å². The number of esters is 2. The van der Waals surface area contributed by atoms with Gasteiger partial charge in [0.1, 0.15) is 6.61 Å². The van der Waals surface area contributed by atoms with Crippen LogP contribution in [0.3, 0.4) is 0 Å². The summed E-state index contributed by atoms with van der Waals surface area (Å²) in [7, 11) is 0. The molecule has 33 heavy (non-hydrogen) atoms. The van der Waals surface area contributed by atoms with Crippen LogP contribution >= 0.6 is 0 Å². The van der Waals surface area contributed by atoms with Crippen molar-refractivity contribution in [3.8, 4) is 0 Å². The van der Waals surface area contributed by atoms with E-state index in [2.05, 4.69) is 6.92 Å². The second-order valence-corrected chi connectivity index (χ2v) is 8.79. The summed E-state index contributed by atoms with van der Waals surface area (Å²) < 4.78 is 37.1. The van der Waals surface area contributed by atoms with Crippen molar-refractivity contribution in [3.63, 3.8) is 0 Å². The van der Waals surface area contributed by atoms with Crippen LogP contribution in [-0.2, 0) is 25.7 Å². The maximum atomic E-state index is 13.4. The molecule has 188 valence electrons. The molecule has 0 aromatic heterocycles. The van der Waals surface area contributed by atoms with Crippen molar-refractivity contribution in [2.45, 2.75) is 111 Å². The minimum atomic E-state index is -1.38. The van der Waals surface area contributed by atoms with Crippen LogP contribution < -0.4 is 0 Å². The van der Waals surface area contributed by atoms with Gasteiger partial charge in [-0.2, -0.15) is 0 Å². The first-order valence-corrected chi connectivity index (χ1v) is 12.7. The van der Waals surface area contributed by atoms with E-state index in [9.17, 15) is 18.4 Å². The zero-order valence-electron chi connectivity index (χ0n) is 20.7. The molecule has 0 saturated carbocycles. The number of halogens is 2. The Hall–Kier alpha value is -1.98. The van der Waals surface area contributed by atoms with E-state index < -0.39 is 29.0 Å². The Morgan fingerprint density at radius 1 is 0.727 bits per heavy atom. The highest BCUT2D eigenvalue weighted by Crippen LogP contribution is 2.31. The lowest BCUT2D eigenvalue weighted by atomic mass is 9.82. The molecule has 0 saturated heterocycles. The van der Waals surface area contributed by atoms with Crippen LogP contribution in [0, 0.1) is 17.0 Å². The third-order valence-electron chi connectivity index (χ3n) is 6.32. The first kappa shape index (κ1) is 29.1. The van der Waals surface area contributed by atoms with Crippen LogP contribution in [0.25, 0.3) is 0 Å². The number of hydrogen-bond donors (Lipinski definition) is 0. The van der Waals surface area contributed by atoms with Gasteiger partial charge in [0.25, 0.3) is 0 Å². The Morgan fingerprint density at radius 2 is 1.24 bits per heavy atom. The van der Waals surface area contributed by atoms with E-state index in [1.807, 2.05) is 0 Å². The molecule has 4 nitrogen and oxygen atoms in total. The number of carbonyl (C=O) groups excluding carboxylic acids is 2. The molecule has 1 aromatic carbocycles. The zero-order valence-corrected chi connectivity index (χ0v) is 20.7. The van der Waals surface area contributed by atoms with Gasteiger partial charge in [-0.1, -0.05) is 91.0 Å². The molecule has 0 N–H and O–H groups in total. The molecule has 0 aliphatic heterocycles. The van der Waals surface area contributed by atoms with E-state index in [1.54, 1.807) is 13.8 Å². The average molecular weight is 469 g/mol. The van der Waals surface area contributed by atoms with Gasteiger partial charge in [-0.05, 0) is 37.0 Å². The van der Waals surface area contributed by atoms with Crippen molar-refractivity contribution in [2.24, 2.45) is 5.41 Å².